The van der Waals surface area contributed by atoms with Gasteiger partial charge in [0.2, 0.25) is 0 Å². The lowest BCUT2D eigenvalue weighted by atomic mass is 10.2. The van der Waals surface area contributed by atoms with E-state index in [2.05, 4.69) is 6.92 Å². The van der Waals surface area contributed by atoms with Crippen molar-refractivity contribution in [1.82, 2.24) is 0 Å². The third-order valence-electron chi connectivity index (χ3n) is 2.78. The van der Waals surface area contributed by atoms with Crippen molar-refractivity contribution in [2.45, 2.75) is 39.5 Å². The van der Waals surface area contributed by atoms with Crippen LogP contribution in [-0.2, 0) is 0 Å². The zero-order chi connectivity index (χ0) is 14.1. The van der Waals surface area contributed by atoms with Gasteiger partial charge >= 0.3 is 0 Å². The highest BCUT2D eigenvalue weighted by Gasteiger charge is 2.07. The van der Waals surface area contributed by atoms with E-state index < -0.39 is 0 Å². The molecule has 19 heavy (non-hydrogen) atoms. The summed E-state index contributed by atoms with van der Waals surface area (Å²) in [6.07, 6.45) is 4.75. The topological polar surface area (TPSA) is 44.5 Å². The van der Waals surface area contributed by atoms with E-state index in [1.54, 1.807) is 0 Å². The Bertz CT molecular complexity index is 407. The van der Waals surface area contributed by atoms with Crippen molar-refractivity contribution in [1.29, 1.82) is 0 Å². The SMILES string of the molecule is CCCCCCOc1ccc(C(N)=S)cc1OCC. The molecule has 0 saturated carbocycles. The minimum absolute atomic E-state index is 0.371. The highest BCUT2D eigenvalue weighted by molar-refractivity contribution is 7.80. The van der Waals surface area contributed by atoms with E-state index in [0.717, 1.165) is 17.7 Å². The number of hydrogen-bond acceptors (Lipinski definition) is 3. The Kier molecular flexibility index (Phi) is 7.26. The Hall–Kier alpha value is -1.29. The van der Waals surface area contributed by atoms with Crippen LogP contribution in [0.4, 0.5) is 0 Å². The number of nitrogens with two attached hydrogens (primary N) is 1. The van der Waals surface area contributed by atoms with Crippen LogP contribution in [0.1, 0.15) is 45.1 Å². The van der Waals surface area contributed by atoms with Crippen molar-refractivity contribution in [3.05, 3.63) is 23.8 Å². The second-order valence-corrected chi connectivity index (χ2v) is 4.81. The highest BCUT2D eigenvalue weighted by atomic mass is 32.1. The summed E-state index contributed by atoms with van der Waals surface area (Å²) >= 11 is 4.97. The Balaban J connectivity index is 2.62. The van der Waals surface area contributed by atoms with E-state index in [1.807, 2.05) is 25.1 Å². The average molecular weight is 281 g/mol. The Morgan fingerprint density at radius 1 is 1.11 bits per heavy atom. The Morgan fingerprint density at radius 2 is 1.89 bits per heavy atom. The van der Waals surface area contributed by atoms with Crippen LogP contribution < -0.4 is 15.2 Å². The average Bonchev–Trinajstić information content (AvgIpc) is 2.40. The van der Waals surface area contributed by atoms with Crippen molar-refractivity contribution < 1.29 is 9.47 Å². The fourth-order valence-corrected chi connectivity index (χ4v) is 1.89. The Morgan fingerprint density at radius 3 is 2.53 bits per heavy atom. The molecule has 0 aliphatic rings. The molecule has 1 aromatic carbocycles. The van der Waals surface area contributed by atoms with Crippen molar-refractivity contribution in [3.63, 3.8) is 0 Å². The number of rotatable bonds is 9. The number of ether oxygens (including phenoxy) is 2. The van der Waals surface area contributed by atoms with Crippen LogP contribution in [0.5, 0.6) is 11.5 Å². The van der Waals surface area contributed by atoms with E-state index in [4.69, 9.17) is 27.4 Å². The molecule has 0 amide bonds. The van der Waals surface area contributed by atoms with Gasteiger partial charge in [0.15, 0.2) is 11.5 Å². The van der Waals surface area contributed by atoms with Gasteiger partial charge in [0.25, 0.3) is 0 Å². The lowest BCUT2D eigenvalue weighted by Crippen LogP contribution is -2.10. The molecule has 1 rings (SSSR count). The monoisotopic (exact) mass is 281 g/mol. The standard InChI is InChI=1S/C15H23NO2S/c1-3-5-6-7-10-18-13-9-8-12(15(16)19)11-14(13)17-4-2/h8-9,11H,3-7,10H2,1-2H3,(H2,16,19). The van der Waals surface area contributed by atoms with Gasteiger partial charge in [-0.05, 0) is 31.5 Å². The molecule has 0 heterocycles. The quantitative estimate of drug-likeness (QED) is 0.554. The van der Waals surface area contributed by atoms with E-state index in [-0.39, 0.29) is 0 Å². The van der Waals surface area contributed by atoms with E-state index in [1.165, 1.54) is 19.3 Å². The smallest absolute Gasteiger partial charge is 0.161 e. The molecule has 3 nitrogen and oxygen atoms in total. The molecule has 0 fully saturated rings. The van der Waals surface area contributed by atoms with Crippen LogP contribution in [0, 0.1) is 0 Å². The largest absolute Gasteiger partial charge is 0.490 e. The molecule has 106 valence electrons. The molecule has 0 aromatic heterocycles. The fourth-order valence-electron chi connectivity index (χ4n) is 1.76. The number of unbranched alkanes of at least 4 members (excludes halogenated alkanes) is 3. The van der Waals surface area contributed by atoms with Gasteiger partial charge in [-0.2, -0.15) is 0 Å². The molecule has 1 aromatic rings. The van der Waals surface area contributed by atoms with Gasteiger partial charge in [-0.3, -0.25) is 0 Å². The van der Waals surface area contributed by atoms with Crippen LogP contribution in [0.3, 0.4) is 0 Å². The Labute approximate surface area is 121 Å². The molecule has 0 spiro atoms. The van der Waals surface area contributed by atoms with E-state index >= 15 is 0 Å². The van der Waals surface area contributed by atoms with Crippen molar-refractivity contribution in [2.24, 2.45) is 5.73 Å². The molecule has 0 bridgehead atoms. The van der Waals surface area contributed by atoms with Gasteiger partial charge in [0, 0.05) is 5.56 Å². The molecule has 4 heteroatoms. The second kappa shape index (κ2) is 8.75. The molecule has 0 atom stereocenters. The highest BCUT2D eigenvalue weighted by Crippen LogP contribution is 2.28. The van der Waals surface area contributed by atoms with Gasteiger partial charge < -0.3 is 15.2 Å². The first kappa shape index (κ1) is 15.8. The molecule has 2 N–H and O–H groups in total. The lowest BCUT2D eigenvalue weighted by Gasteiger charge is -2.13. The zero-order valence-electron chi connectivity index (χ0n) is 11.8. The zero-order valence-corrected chi connectivity index (χ0v) is 12.6. The summed E-state index contributed by atoms with van der Waals surface area (Å²) in [6.45, 7) is 5.44. The lowest BCUT2D eigenvalue weighted by molar-refractivity contribution is 0.270. The summed E-state index contributed by atoms with van der Waals surface area (Å²) in [6, 6.07) is 5.58. The molecule has 0 saturated heterocycles. The maximum atomic E-state index is 5.76. The first-order chi connectivity index (χ1) is 9.19. The predicted molar refractivity (Wildman–Crippen MR) is 83.1 cm³/mol. The summed E-state index contributed by atoms with van der Waals surface area (Å²) in [5, 5.41) is 0. The summed E-state index contributed by atoms with van der Waals surface area (Å²) < 4.78 is 11.3. The minimum atomic E-state index is 0.371. The summed E-state index contributed by atoms with van der Waals surface area (Å²) in [5.74, 6) is 1.47. The predicted octanol–water partition coefficient (Wildman–Crippen LogP) is 3.68. The summed E-state index contributed by atoms with van der Waals surface area (Å²) in [5.41, 5.74) is 6.42. The van der Waals surface area contributed by atoms with Gasteiger partial charge in [-0.1, -0.05) is 38.4 Å². The van der Waals surface area contributed by atoms with E-state index in [0.29, 0.717) is 24.0 Å². The summed E-state index contributed by atoms with van der Waals surface area (Å²) in [7, 11) is 0. The van der Waals surface area contributed by atoms with Gasteiger partial charge in [-0.25, -0.2) is 0 Å². The third kappa shape index (κ3) is 5.47. The van der Waals surface area contributed by atoms with Gasteiger partial charge in [0.05, 0.1) is 13.2 Å². The van der Waals surface area contributed by atoms with Crippen LogP contribution in [0.15, 0.2) is 18.2 Å². The summed E-state index contributed by atoms with van der Waals surface area (Å²) in [4.78, 5) is 0.371. The van der Waals surface area contributed by atoms with Crippen LogP contribution in [0.2, 0.25) is 0 Å². The second-order valence-electron chi connectivity index (χ2n) is 4.37. The molecular weight excluding hydrogens is 258 g/mol. The van der Waals surface area contributed by atoms with Crippen LogP contribution >= 0.6 is 12.2 Å². The molecular formula is C15H23NO2S. The molecule has 0 unspecified atom stereocenters. The fraction of sp³-hybridized carbons (Fsp3) is 0.533. The molecule has 0 aliphatic heterocycles. The third-order valence-corrected chi connectivity index (χ3v) is 3.02. The van der Waals surface area contributed by atoms with Crippen molar-refractivity contribution in [2.75, 3.05) is 13.2 Å². The van der Waals surface area contributed by atoms with Gasteiger partial charge in [0.1, 0.15) is 4.99 Å². The first-order valence-corrected chi connectivity index (χ1v) is 7.29. The maximum Gasteiger partial charge on any atom is 0.161 e. The molecule has 0 radical (unpaired) electrons. The van der Waals surface area contributed by atoms with E-state index in [9.17, 15) is 0 Å². The van der Waals surface area contributed by atoms with Crippen LogP contribution in [0.25, 0.3) is 0 Å². The normalized spacial score (nSPS) is 10.2. The number of hydrogen-bond donors (Lipinski definition) is 1. The van der Waals surface area contributed by atoms with Crippen LogP contribution in [-0.4, -0.2) is 18.2 Å². The molecule has 0 aliphatic carbocycles. The van der Waals surface area contributed by atoms with Crippen molar-refractivity contribution >= 4 is 17.2 Å². The first-order valence-electron chi connectivity index (χ1n) is 6.88. The number of benzene rings is 1. The number of thiocarbonyl (C=S) groups is 1. The van der Waals surface area contributed by atoms with Crippen molar-refractivity contribution in [3.8, 4) is 11.5 Å². The minimum Gasteiger partial charge on any atom is -0.490 e. The maximum absolute atomic E-state index is 5.76. The van der Waals surface area contributed by atoms with Gasteiger partial charge in [-0.15, -0.1) is 0 Å².